The molecule has 0 unspecified atom stereocenters. The lowest BCUT2D eigenvalue weighted by molar-refractivity contribution is 1.34. The first kappa shape index (κ1) is 7.31. The van der Waals surface area contributed by atoms with Gasteiger partial charge in [-0.2, -0.15) is 0 Å². The highest BCUT2D eigenvalue weighted by molar-refractivity contribution is 7.12. The first-order chi connectivity index (χ1) is 5.86. The number of benzene rings is 1. The SMILES string of the molecule is O=c1[nH]cc(-c2ccccc2)s1. The molecule has 0 aliphatic carbocycles. The second-order valence-corrected chi connectivity index (χ2v) is 3.42. The Morgan fingerprint density at radius 2 is 1.92 bits per heavy atom. The van der Waals surface area contributed by atoms with Crippen molar-refractivity contribution >= 4 is 11.3 Å². The van der Waals surface area contributed by atoms with Gasteiger partial charge in [0.25, 0.3) is 0 Å². The van der Waals surface area contributed by atoms with Crippen molar-refractivity contribution in [3.8, 4) is 10.4 Å². The van der Waals surface area contributed by atoms with Gasteiger partial charge in [-0.25, -0.2) is 0 Å². The molecule has 12 heavy (non-hydrogen) atoms. The Labute approximate surface area is 73.5 Å². The smallest absolute Gasteiger partial charge is 0.305 e. The number of thiazole rings is 1. The Kier molecular flexibility index (Phi) is 1.80. The highest BCUT2D eigenvalue weighted by atomic mass is 32.1. The molecule has 1 aromatic heterocycles. The quantitative estimate of drug-likeness (QED) is 0.711. The van der Waals surface area contributed by atoms with Gasteiger partial charge in [-0.3, -0.25) is 4.79 Å². The largest absolute Gasteiger partial charge is 0.319 e. The summed E-state index contributed by atoms with van der Waals surface area (Å²) in [6.07, 6.45) is 1.74. The lowest BCUT2D eigenvalue weighted by Gasteiger charge is -1.92. The molecule has 0 fully saturated rings. The maximum absolute atomic E-state index is 10.8. The summed E-state index contributed by atoms with van der Waals surface area (Å²) in [6, 6.07) is 9.84. The van der Waals surface area contributed by atoms with Gasteiger partial charge in [-0.15, -0.1) is 0 Å². The third-order valence-electron chi connectivity index (χ3n) is 1.58. The molecule has 0 amide bonds. The summed E-state index contributed by atoms with van der Waals surface area (Å²) in [5.74, 6) is 0. The molecular formula is C9H7NOS. The van der Waals surface area contributed by atoms with Crippen molar-refractivity contribution in [2.45, 2.75) is 0 Å². The predicted molar refractivity (Wildman–Crippen MR) is 50.4 cm³/mol. The van der Waals surface area contributed by atoms with Gasteiger partial charge < -0.3 is 4.98 Å². The van der Waals surface area contributed by atoms with E-state index in [2.05, 4.69) is 4.98 Å². The van der Waals surface area contributed by atoms with Gasteiger partial charge >= 0.3 is 4.87 Å². The molecule has 0 saturated heterocycles. The number of hydrogen-bond acceptors (Lipinski definition) is 2. The topological polar surface area (TPSA) is 32.9 Å². The van der Waals surface area contributed by atoms with Gasteiger partial charge in [0.05, 0.1) is 4.88 Å². The number of hydrogen-bond donors (Lipinski definition) is 1. The molecule has 0 spiro atoms. The molecule has 2 aromatic rings. The molecule has 1 N–H and O–H groups in total. The minimum atomic E-state index is -0.00569. The van der Waals surface area contributed by atoms with Crippen LogP contribution in [0.2, 0.25) is 0 Å². The lowest BCUT2D eigenvalue weighted by Crippen LogP contribution is -1.88. The summed E-state index contributed by atoms with van der Waals surface area (Å²) < 4.78 is 0. The van der Waals surface area contributed by atoms with E-state index in [1.54, 1.807) is 6.20 Å². The molecule has 0 atom stereocenters. The van der Waals surface area contributed by atoms with Crippen molar-refractivity contribution in [1.29, 1.82) is 0 Å². The molecular weight excluding hydrogens is 170 g/mol. The van der Waals surface area contributed by atoms with E-state index < -0.39 is 0 Å². The lowest BCUT2D eigenvalue weighted by atomic mass is 10.2. The number of H-pyrrole nitrogens is 1. The molecule has 0 saturated carbocycles. The predicted octanol–water partition coefficient (Wildman–Crippen LogP) is 2.10. The fourth-order valence-corrected chi connectivity index (χ4v) is 1.72. The molecule has 1 aromatic carbocycles. The second-order valence-electron chi connectivity index (χ2n) is 2.41. The second kappa shape index (κ2) is 2.95. The average Bonchev–Trinajstić information content (AvgIpc) is 2.54. The van der Waals surface area contributed by atoms with Crippen molar-refractivity contribution in [3.63, 3.8) is 0 Å². The fourth-order valence-electron chi connectivity index (χ4n) is 1.03. The Balaban J connectivity index is 2.51. The Hall–Kier alpha value is -1.35. The van der Waals surface area contributed by atoms with Crippen LogP contribution in [0.5, 0.6) is 0 Å². The molecule has 0 aliphatic rings. The van der Waals surface area contributed by atoms with E-state index in [0.29, 0.717) is 0 Å². The molecule has 0 aliphatic heterocycles. The summed E-state index contributed by atoms with van der Waals surface area (Å²) in [4.78, 5) is 14.4. The van der Waals surface area contributed by atoms with Crippen LogP contribution in [-0.4, -0.2) is 4.98 Å². The first-order valence-electron chi connectivity index (χ1n) is 3.60. The highest BCUT2D eigenvalue weighted by Crippen LogP contribution is 2.19. The van der Waals surface area contributed by atoms with Gasteiger partial charge in [-0.1, -0.05) is 41.7 Å². The number of rotatable bonds is 1. The summed E-state index contributed by atoms with van der Waals surface area (Å²) in [7, 11) is 0. The van der Waals surface area contributed by atoms with Gasteiger partial charge in [0.1, 0.15) is 0 Å². The van der Waals surface area contributed by atoms with Crippen LogP contribution in [0, 0.1) is 0 Å². The van der Waals surface area contributed by atoms with Crippen molar-refractivity contribution in [2.75, 3.05) is 0 Å². The Morgan fingerprint density at radius 3 is 2.50 bits per heavy atom. The van der Waals surface area contributed by atoms with E-state index in [0.717, 1.165) is 10.4 Å². The number of aromatic amines is 1. The summed E-state index contributed by atoms with van der Waals surface area (Å²) in [5, 5.41) is 0. The number of nitrogens with one attached hydrogen (secondary N) is 1. The zero-order chi connectivity index (χ0) is 8.39. The van der Waals surface area contributed by atoms with E-state index in [1.165, 1.54) is 11.3 Å². The van der Waals surface area contributed by atoms with Crippen LogP contribution in [0.25, 0.3) is 10.4 Å². The van der Waals surface area contributed by atoms with Crippen LogP contribution in [-0.2, 0) is 0 Å². The van der Waals surface area contributed by atoms with Gasteiger partial charge in [0.2, 0.25) is 0 Å². The van der Waals surface area contributed by atoms with Gasteiger partial charge in [-0.05, 0) is 5.56 Å². The molecule has 2 nitrogen and oxygen atoms in total. The van der Waals surface area contributed by atoms with Crippen LogP contribution in [0.4, 0.5) is 0 Å². The summed E-state index contributed by atoms with van der Waals surface area (Å²) in [5.41, 5.74) is 1.08. The zero-order valence-corrected chi connectivity index (χ0v) is 7.10. The van der Waals surface area contributed by atoms with Crippen LogP contribution in [0.3, 0.4) is 0 Å². The van der Waals surface area contributed by atoms with E-state index in [9.17, 15) is 4.79 Å². The van der Waals surface area contributed by atoms with Crippen LogP contribution in [0.1, 0.15) is 0 Å². The molecule has 2 rings (SSSR count). The van der Waals surface area contributed by atoms with Gasteiger partial charge in [0, 0.05) is 6.20 Å². The Morgan fingerprint density at radius 1 is 1.17 bits per heavy atom. The molecule has 3 heteroatoms. The highest BCUT2D eigenvalue weighted by Gasteiger charge is 1.98. The van der Waals surface area contributed by atoms with Crippen LogP contribution >= 0.6 is 11.3 Å². The van der Waals surface area contributed by atoms with Gasteiger partial charge in [0.15, 0.2) is 0 Å². The molecule has 0 radical (unpaired) electrons. The maximum Gasteiger partial charge on any atom is 0.305 e. The fraction of sp³-hybridized carbons (Fsp3) is 0. The first-order valence-corrected chi connectivity index (χ1v) is 4.42. The minimum Gasteiger partial charge on any atom is -0.319 e. The van der Waals surface area contributed by atoms with Crippen molar-refractivity contribution < 1.29 is 0 Å². The third kappa shape index (κ3) is 1.31. The monoisotopic (exact) mass is 177 g/mol. The zero-order valence-electron chi connectivity index (χ0n) is 6.28. The van der Waals surface area contributed by atoms with E-state index in [-0.39, 0.29) is 4.87 Å². The number of aromatic nitrogens is 1. The van der Waals surface area contributed by atoms with E-state index >= 15 is 0 Å². The van der Waals surface area contributed by atoms with Crippen molar-refractivity contribution in [2.24, 2.45) is 0 Å². The summed E-state index contributed by atoms with van der Waals surface area (Å²) in [6.45, 7) is 0. The maximum atomic E-state index is 10.8. The van der Waals surface area contributed by atoms with E-state index in [4.69, 9.17) is 0 Å². The summed E-state index contributed by atoms with van der Waals surface area (Å²) >= 11 is 1.23. The molecule has 60 valence electrons. The Bertz CT molecular complexity index is 415. The van der Waals surface area contributed by atoms with E-state index in [1.807, 2.05) is 30.3 Å². The van der Waals surface area contributed by atoms with Crippen molar-refractivity contribution in [1.82, 2.24) is 4.98 Å². The standard InChI is InChI=1S/C9H7NOS/c11-9-10-6-8(12-9)7-4-2-1-3-5-7/h1-6H,(H,10,11). The third-order valence-corrected chi connectivity index (χ3v) is 2.46. The molecule has 0 bridgehead atoms. The van der Waals surface area contributed by atoms with Crippen molar-refractivity contribution in [3.05, 3.63) is 46.2 Å². The minimum absolute atomic E-state index is 0.00569. The normalized spacial score (nSPS) is 10.0. The van der Waals surface area contributed by atoms with Crippen LogP contribution in [0.15, 0.2) is 41.3 Å². The average molecular weight is 177 g/mol. The van der Waals surface area contributed by atoms with Crippen LogP contribution < -0.4 is 4.87 Å². The molecule has 1 heterocycles.